The van der Waals surface area contributed by atoms with E-state index in [2.05, 4.69) is 0 Å². The molecule has 0 spiro atoms. The number of piperidine rings is 1. The van der Waals surface area contributed by atoms with E-state index in [4.69, 9.17) is 5.21 Å². The fraction of sp³-hybridized carbons (Fsp3) is 0.750. The van der Waals surface area contributed by atoms with Crippen molar-refractivity contribution in [3.05, 3.63) is 0 Å². The summed E-state index contributed by atoms with van der Waals surface area (Å²) in [6, 6.07) is -0.490. The van der Waals surface area contributed by atoms with Crippen molar-refractivity contribution in [3.8, 4) is 0 Å². The lowest BCUT2D eigenvalue weighted by Crippen LogP contribution is -2.50. The van der Waals surface area contributed by atoms with E-state index >= 15 is 0 Å². The first-order valence-corrected chi connectivity index (χ1v) is 4.38. The van der Waals surface area contributed by atoms with Gasteiger partial charge >= 0.3 is 0 Å². The van der Waals surface area contributed by atoms with Crippen LogP contribution in [-0.2, 0) is 9.59 Å². The monoisotopic (exact) mass is 186 g/mol. The van der Waals surface area contributed by atoms with Gasteiger partial charge in [-0.3, -0.25) is 14.8 Å². The highest BCUT2D eigenvalue weighted by Gasteiger charge is 2.29. The van der Waals surface area contributed by atoms with Gasteiger partial charge in [-0.15, -0.1) is 0 Å². The third-order valence-electron chi connectivity index (χ3n) is 2.32. The zero-order chi connectivity index (χ0) is 9.84. The van der Waals surface area contributed by atoms with Crippen LogP contribution < -0.4 is 5.48 Å². The van der Waals surface area contributed by atoms with E-state index in [0.717, 1.165) is 12.8 Å². The van der Waals surface area contributed by atoms with Gasteiger partial charge in [0.2, 0.25) is 5.91 Å². The van der Waals surface area contributed by atoms with Crippen molar-refractivity contribution in [2.75, 3.05) is 6.54 Å². The number of likely N-dealkylation sites (tertiary alicyclic amines) is 1. The number of hydrogen-bond acceptors (Lipinski definition) is 3. The Bertz CT molecular complexity index is 217. The number of nitrogens with one attached hydrogen (secondary N) is 1. The molecule has 1 fully saturated rings. The van der Waals surface area contributed by atoms with Gasteiger partial charge < -0.3 is 4.90 Å². The Balaban J connectivity index is 2.67. The van der Waals surface area contributed by atoms with Gasteiger partial charge in [-0.1, -0.05) is 0 Å². The average molecular weight is 186 g/mol. The van der Waals surface area contributed by atoms with Crippen LogP contribution in [0, 0.1) is 0 Å². The summed E-state index contributed by atoms with van der Waals surface area (Å²) < 4.78 is 0. The first-order valence-electron chi connectivity index (χ1n) is 4.38. The third-order valence-corrected chi connectivity index (χ3v) is 2.32. The van der Waals surface area contributed by atoms with E-state index in [0.29, 0.717) is 13.0 Å². The highest BCUT2D eigenvalue weighted by molar-refractivity contribution is 5.86. The molecular formula is C8H14N2O3. The van der Waals surface area contributed by atoms with Crippen LogP contribution in [0.3, 0.4) is 0 Å². The summed E-state index contributed by atoms with van der Waals surface area (Å²) in [5, 5.41) is 8.45. The molecule has 0 unspecified atom stereocenters. The van der Waals surface area contributed by atoms with E-state index in [9.17, 15) is 9.59 Å². The Kier molecular flexibility index (Phi) is 3.25. The standard InChI is InChI=1S/C8H14N2O3/c1-6(11)10-5-3-2-4-7(10)8(12)9-13/h7,13H,2-5H2,1H3,(H,9,12)/t7-/m1/s1. The van der Waals surface area contributed by atoms with Gasteiger partial charge in [0.25, 0.3) is 5.91 Å². The predicted octanol–water partition coefficient (Wildman–Crippen LogP) is -0.107. The molecule has 0 aromatic rings. The molecular weight excluding hydrogens is 172 g/mol. The highest BCUT2D eigenvalue weighted by Crippen LogP contribution is 2.16. The van der Waals surface area contributed by atoms with Crippen molar-refractivity contribution in [1.82, 2.24) is 10.4 Å². The predicted molar refractivity (Wildman–Crippen MR) is 45.0 cm³/mol. The lowest BCUT2D eigenvalue weighted by molar-refractivity contribution is -0.145. The Hall–Kier alpha value is -1.10. The molecule has 13 heavy (non-hydrogen) atoms. The van der Waals surface area contributed by atoms with Gasteiger partial charge in [-0.05, 0) is 19.3 Å². The Morgan fingerprint density at radius 1 is 1.46 bits per heavy atom. The van der Waals surface area contributed by atoms with Crippen molar-refractivity contribution in [2.45, 2.75) is 32.2 Å². The molecule has 2 amide bonds. The fourth-order valence-electron chi connectivity index (χ4n) is 1.66. The summed E-state index contributed by atoms with van der Waals surface area (Å²) in [6.07, 6.45) is 2.47. The zero-order valence-electron chi connectivity index (χ0n) is 7.62. The van der Waals surface area contributed by atoms with Gasteiger partial charge in [0.15, 0.2) is 0 Å². The van der Waals surface area contributed by atoms with Crippen LogP contribution in [-0.4, -0.2) is 34.5 Å². The number of carbonyl (C=O) groups excluding carboxylic acids is 2. The van der Waals surface area contributed by atoms with Crippen LogP contribution in [0.1, 0.15) is 26.2 Å². The van der Waals surface area contributed by atoms with Crippen molar-refractivity contribution in [2.24, 2.45) is 0 Å². The summed E-state index contributed by atoms with van der Waals surface area (Å²) in [5.41, 5.74) is 1.59. The van der Waals surface area contributed by atoms with E-state index < -0.39 is 11.9 Å². The summed E-state index contributed by atoms with van der Waals surface area (Å²) in [4.78, 5) is 23.7. The molecule has 0 bridgehead atoms. The zero-order valence-corrected chi connectivity index (χ0v) is 7.62. The van der Waals surface area contributed by atoms with Crippen molar-refractivity contribution >= 4 is 11.8 Å². The first kappa shape index (κ1) is 9.98. The average Bonchev–Trinajstić information content (AvgIpc) is 2.16. The van der Waals surface area contributed by atoms with Gasteiger partial charge in [0, 0.05) is 13.5 Å². The largest absolute Gasteiger partial charge is 0.331 e. The van der Waals surface area contributed by atoms with E-state index in [1.165, 1.54) is 11.8 Å². The molecule has 1 aliphatic rings. The van der Waals surface area contributed by atoms with Crippen LogP contribution in [0.25, 0.3) is 0 Å². The van der Waals surface area contributed by atoms with Gasteiger partial charge in [0.05, 0.1) is 0 Å². The number of hydroxylamine groups is 1. The van der Waals surface area contributed by atoms with Gasteiger partial charge in [-0.2, -0.15) is 0 Å². The number of rotatable bonds is 1. The maximum atomic E-state index is 11.1. The van der Waals surface area contributed by atoms with Crippen molar-refractivity contribution in [3.63, 3.8) is 0 Å². The van der Waals surface area contributed by atoms with Crippen LogP contribution >= 0.6 is 0 Å². The van der Waals surface area contributed by atoms with E-state index in [-0.39, 0.29) is 5.91 Å². The number of carbonyl (C=O) groups is 2. The normalized spacial score (nSPS) is 22.6. The topological polar surface area (TPSA) is 69.6 Å². The Morgan fingerprint density at radius 2 is 2.15 bits per heavy atom. The SMILES string of the molecule is CC(=O)N1CCCC[C@@H]1C(=O)NO. The Labute approximate surface area is 76.7 Å². The number of hydrogen-bond donors (Lipinski definition) is 2. The molecule has 1 rings (SSSR count). The van der Waals surface area contributed by atoms with Gasteiger partial charge in [0.1, 0.15) is 6.04 Å². The minimum Gasteiger partial charge on any atom is -0.331 e. The quantitative estimate of drug-likeness (QED) is 0.443. The minimum absolute atomic E-state index is 0.117. The van der Waals surface area contributed by atoms with E-state index in [1.807, 2.05) is 0 Å². The van der Waals surface area contributed by atoms with Crippen molar-refractivity contribution < 1.29 is 14.8 Å². The summed E-state index contributed by atoms with van der Waals surface area (Å²) >= 11 is 0. The second-order valence-electron chi connectivity index (χ2n) is 3.20. The van der Waals surface area contributed by atoms with Crippen molar-refractivity contribution in [1.29, 1.82) is 0 Å². The summed E-state index contributed by atoms with van der Waals surface area (Å²) in [5.74, 6) is -0.608. The Morgan fingerprint density at radius 3 is 2.69 bits per heavy atom. The molecule has 1 heterocycles. The molecule has 2 N–H and O–H groups in total. The van der Waals surface area contributed by atoms with Crippen LogP contribution in [0.2, 0.25) is 0 Å². The highest BCUT2D eigenvalue weighted by atomic mass is 16.5. The number of nitrogens with zero attached hydrogens (tertiary/aromatic N) is 1. The number of amides is 2. The van der Waals surface area contributed by atoms with E-state index in [1.54, 1.807) is 5.48 Å². The van der Waals surface area contributed by atoms with Crippen LogP contribution in [0.5, 0.6) is 0 Å². The molecule has 0 radical (unpaired) electrons. The summed E-state index contributed by atoms with van der Waals surface area (Å²) in [6.45, 7) is 2.04. The van der Waals surface area contributed by atoms with Crippen LogP contribution in [0.4, 0.5) is 0 Å². The molecule has 1 saturated heterocycles. The third kappa shape index (κ3) is 2.18. The lowest BCUT2D eigenvalue weighted by Gasteiger charge is -2.33. The molecule has 5 nitrogen and oxygen atoms in total. The molecule has 0 aromatic heterocycles. The molecule has 0 aliphatic carbocycles. The summed E-state index contributed by atoms with van der Waals surface area (Å²) in [7, 11) is 0. The molecule has 1 atom stereocenters. The second-order valence-corrected chi connectivity index (χ2v) is 3.20. The molecule has 74 valence electrons. The maximum Gasteiger partial charge on any atom is 0.266 e. The first-order chi connectivity index (χ1) is 6.16. The molecule has 0 saturated carbocycles. The maximum absolute atomic E-state index is 11.1. The molecule has 0 aromatic carbocycles. The van der Waals surface area contributed by atoms with Gasteiger partial charge in [-0.25, -0.2) is 5.48 Å². The second kappa shape index (κ2) is 4.23. The molecule has 5 heteroatoms. The molecule has 1 aliphatic heterocycles. The minimum atomic E-state index is -0.491. The van der Waals surface area contributed by atoms with Crippen LogP contribution in [0.15, 0.2) is 0 Å². The smallest absolute Gasteiger partial charge is 0.266 e. The fourth-order valence-corrected chi connectivity index (χ4v) is 1.66. The lowest BCUT2D eigenvalue weighted by atomic mass is 10.0.